The molecule has 0 aliphatic carbocycles. The largest absolute Gasteiger partial charge is 0.249 e. The molecule has 0 amide bonds. The highest BCUT2D eigenvalue weighted by Crippen LogP contribution is 2.26. The van der Waals surface area contributed by atoms with Crippen LogP contribution in [0.4, 0.5) is 0 Å². The van der Waals surface area contributed by atoms with Crippen LogP contribution >= 0.6 is 0 Å². The van der Waals surface area contributed by atoms with Crippen molar-refractivity contribution < 1.29 is 0 Å². The zero-order valence-corrected chi connectivity index (χ0v) is 12.9. The van der Waals surface area contributed by atoms with Crippen molar-refractivity contribution in [3.8, 4) is 22.4 Å². The topological polar surface area (TPSA) is 25.8 Å². The summed E-state index contributed by atoms with van der Waals surface area (Å²) in [5.74, 6) is 0. The molecule has 110 valence electrons. The average Bonchev–Trinajstić information content (AvgIpc) is 2.62. The summed E-state index contributed by atoms with van der Waals surface area (Å²) in [5.41, 5.74) is 7.30. The quantitative estimate of drug-likeness (QED) is 0.503. The summed E-state index contributed by atoms with van der Waals surface area (Å²) in [4.78, 5) is 9.45. The number of hydrogen-bond donors (Lipinski definition) is 0. The smallest absolute Gasteiger partial charge is 0.0922 e. The first kappa shape index (κ1) is 13.6. The van der Waals surface area contributed by atoms with Crippen LogP contribution in [0.15, 0.2) is 78.9 Å². The Morgan fingerprint density at radius 3 is 1.74 bits per heavy atom. The highest BCUT2D eigenvalue weighted by Gasteiger charge is 2.07. The van der Waals surface area contributed by atoms with Crippen molar-refractivity contribution in [2.45, 2.75) is 6.92 Å². The van der Waals surface area contributed by atoms with E-state index in [0.717, 1.165) is 28.0 Å². The fourth-order valence-corrected chi connectivity index (χ4v) is 2.81. The van der Waals surface area contributed by atoms with E-state index < -0.39 is 0 Å². The van der Waals surface area contributed by atoms with Crippen molar-refractivity contribution in [3.05, 3.63) is 84.6 Å². The number of aromatic nitrogens is 2. The highest BCUT2D eigenvalue weighted by atomic mass is 14.8. The Kier molecular flexibility index (Phi) is 3.35. The fraction of sp³-hybridized carbons (Fsp3) is 0.0476. The summed E-state index contributed by atoms with van der Waals surface area (Å²) in [5, 5.41) is 0. The van der Waals surface area contributed by atoms with Gasteiger partial charge in [-0.2, -0.15) is 0 Å². The fourth-order valence-electron chi connectivity index (χ4n) is 2.81. The molecule has 0 fully saturated rings. The molecule has 0 aliphatic rings. The standard InChI is InChI=1S/C21H16N2/c1-15-21(23-20-10-6-5-9-19(20)22-15)18-13-11-17(12-14-18)16-7-3-2-4-8-16/h2-14H,1H3. The van der Waals surface area contributed by atoms with E-state index in [0.29, 0.717) is 0 Å². The van der Waals surface area contributed by atoms with Crippen LogP contribution in [-0.4, -0.2) is 9.97 Å². The minimum atomic E-state index is 0.931. The molecule has 2 heteroatoms. The number of rotatable bonds is 2. The Balaban J connectivity index is 1.78. The van der Waals surface area contributed by atoms with E-state index in [1.165, 1.54) is 11.1 Å². The van der Waals surface area contributed by atoms with Gasteiger partial charge in [0.1, 0.15) is 0 Å². The van der Waals surface area contributed by atoms with Gasteiger partial charge in [-0.25, -0.2) is 9.97 Å². The van der Waals surface area contributed by atoms with Crippen LogP contribution in [-0.2, 0) is 0 Å². The molecule has 0 saturated heterocycles. The van der Waals surface area contributed by atoms with Crippen LogP contribution in [0.1, 0.15) is 5.69 Å². The second-order valence-electron chi connectivity index (χ2n) is 5.59. The third-order valence-corrected chi connectivity index (χ3v) is 4.01. The van der Waals surface area contributed by atoms with E-state index in [9.17, 15) is 0 Å². The number of fused-ring (bicyclic) bond motifs is 1. The van der Waals surface area contributed by atoms with E-state index in [1.54, 1.807) is 0 Å². The lowest BCUT2D eigenvalue weighted by Crippen LogP contribution is -1.94. The van der Waals surface area contributed by atoms with Gasteiger partial charge in [0.05, 0.1) is 22.4 Å². The number of nitrogens with zero attached hydrogens (tertiary/aromatic N) is 2. The molecular weight excluding hydrogens is 280 g/mol. The first-order chi connectivity index (χ1) is 11.3. The normalized spacial score (nSPS) is 10.8. The van der Waals surface area contributed by atoms with Gasteiger partial charge in [0.25, 0.3) is 0 Å². The van der Waals surface area contributed by atoms with Crippen LogP contribution in [0.25, 0.3) is 33.4 Å². The lowest BCUT2D eigenvalue weighted by Gasteiger charge is -2.08. The first-order valence-electron chi connectivity index (χ1n) is 7.70. The molecule has 0 spiro atoms. The molecule has 0 N–H and O–H groups in total. The van der Waals surface area contributed by atoms with E-state index in [2.05, 4.69) is 53.5 Å². The molecule has 2 nitrogen and oxygen atoms in total. The lowest BCUT2D eigenvalue weighted by molar-refractivity contribution is 1.19. The van der Waals surface area contributed by atoms with Crippen molar-refractivity contribution in [3.63, 3.8) is 0 Å². The molecule has 1 heterocycles. The molecular formula is C21H16N2. The molecule has 3 aromatic carbocycles. The molecule has 23 heavy (non-hydrogen) atoms. The SMILES string of the molecule is Cc1nc2ccccc2nc1-c1ccc(-c2ccccc2)cc1. The van der Waals surface area contributed by atoms with Gasteiger partial charge in [-0.15, -0.1) is 0 Å². The lowest BCUT2D eigenvalue weighted by atomic mass is 10.0. The Morgan fingerprint density at radius 1 is 0.522 bits per heavy atom. The molecule has 0 unspecified atom stereocenters. The summed E-state index contributed by atoms with van der Waals surface area (Å²) in [6.07, 6.45) is 0. The minimum Gasteiger partial charge on any atom is -0.249 e. The maximum absolute atomic E-state index is 4.78. The Morgan fingerprint density at radius 2 is 1.04 bits per heavy atom. The van der Waals surface area contributed by atoms with Gasteiger partial charge in [0.2, 0.25) is 0 Å². The van der Waals surface area contributed by atoms with Crippen molar-refractivity contribution in [2.24, 2.45) is 0 Å². The first-order valence-corrected chi connectivity index (χ1v) is 7.70. The third kappa shape index (κ3) is 2.59. The highest BCUT2D eigenvalue weighted by molar-refractivity contribution is 5.79. The van der Waals surface area contributed by atoms with E-state index in [-0.39, 0.29) is 0 Å². The summed E-state index contributed by atoms with van der Waals surface area (Å²) >= 11 is 0. The summed E-state index contributed by atoms with van der Waals surface area (Å²) < 4.78 is 0. The monoisotopic (exact) mass is 296 g/mol. The zero-order chi connectivity index (χ0) is 15.6. The van der Waals surface area contributed by atoms with Crippen LogP contribution in [0, 0.1) is 6.92 Å². The molecule has 0 atom stereocenters. The van der Waals surface area contributed by atoms with Crippen LogP contribution < -0.4 is 0 Å². The third-order valence-electron chi connectivity index (χ3n) is 4.01. The minimum absolute atomic E-state index is 0.931. The van der Waals surface area contributed by atoms with Gasteiger partial charge in [0.15, 0.2) is 0 Å². The molecule has 1 aromatic heterocycles. The summed E-state index contributed by atoms with van der Waals surface area (Å²) in [6, 6.07) is 26.9. The van der Waals surface area contributed by atoms with Gasteiger partial charge in [-0.1, -0.05) is 66.7 Å². The van der Waals surface area contributed by atoms with Crippen LogP contribution in [0.2, 0.25) is 0 Å². The number of hydrogen-bond acceptors (Lipinski definition) is 2. The second kappa shape index (κ2) is 5.65. The Hall–Kier alpha value is -3.00. The average molecular weight is 296 g/mol. The molecule has 0 saturated carbocycles. The molecule has 0 radical (unpaired) electrons. The second-order valence-corrected chi connectivity index (χ2v) is 5.59. The molecule has 4 aromatic rings. The predicted octanol–water partition coefficient (Wildman–Crippen LogP) is 5.27. The van der Waals surface area contributed by atoms with Crippen molar-refractivity contribution in [1.29, 1.82) is 0 Å². The van der Waals surface area contributed by atoms with Gasteiger partial charge in [-0.05, 0) is 30.2 Å². The van der Waals surface area contributed by atoms with Crippen LogP contribution in [0.3, 0.4) is 0 Å². The summed E-state index contributed by atoms with van der Waals surface area (Å²) in [7, 11) is 0. The number of aryl methyl sites for hydroxylation is 1. The number of benzene rings is 3. The number of para-hydroxylation sites is 2. The van der Waals surface area contributed by atoms with Gasteiger partial charge in [0, 0.05) is 5.56 Å². The van der Waals surface area contributed by atoms with Gasteiger partial charge in [-0.3, -0.25) is 0 Å². The van der Waals surface area contributed by atoms with Crippen molar-refractivity contribution in [1.82, 2.24) is 9.97 Å². The Labute approximate surface area is 135 Å². The zero-order valence-electron chi connectivity index (χ0n) is 12.9. The van der Waals surface area contributed by atoms with E-state index in [4.69, 9.17) is 4.98 Å². The van der Waals surface area contributed by atoms with E-state index in [1.807, 2.05) is 37.3 Å². The predicted molar refractivity (Wildman–Crippen MR) is 95.1 cm³/mol. The van der Waals surface area contributed by atoms with E-state index >= 15 is 0 Å². The summed E-state index contributed by atoms with van der Waals surface area (Å²) in [6.45, 7) is 2.01. The van der Waals surface area contributed by atoms with Gasteiger partial charge >= 0.3 is 0 Å². The van der Waals surface area contributed by atoms with Gasteiger partial charge < -0.3 is 0 Å². The van der Waals surface area contributed by atoms with Crippen molar-refractivity contribution in [2.75, 3.05) is 0 Å². The molecule has 0 aliphatic heterocycles. The molecule has 0 bridgehead atoms. The Bertz CT molecular complexity index is 958. The maximum Gasteiger partial charge on any atom is 0.0922 e. The maximum atomic E-state index is 4.78. The van der Waals surface area contributed by atoms with Crippen molar-refractivity contribution >= 4 is 11.0 Å². The molecule has 4 rings (SSSR count). The van der Waals surface area contributed by atoms with Crippen LogP contribution in [0.5, 0.6) is 0 Å².